The number of ketones is 1. The van der Waals surface area contributed by atoms with Crippen molar-refractivity contribution in [3.8, 4) is 0 Å². The van der Waals surface area contributed by atoms with Crippen molar-refractivity contribution in [2.24, 2.45) is 17.6 Å². The van der Waals surface area contributed by atoms with E-state index in [-0.39, 0.29) is 52.8 Å². The van der Waals surface area contributed by atoms with Gasteiger partial charge in [-0.3, -0.25) is 28.8 Å². The minimum absolute atomic E-state index is 0.00998. The number of hydrogen-bond acceptors (Lipinski definition) is 10. The third-order valence-electron chi connectivity index (χ3n) is 10.2. The van der Waals surface area contributed by atoms with Crippen molar-refractivity contribution in [1.29, 1.82) is 0 Å². The summed E-state index contributed by atoms with van der Waals surface area (Å²) in [5.41, 5.74) is 5.87. The molecule has 0 spiro atoms. The Morgan fingerprint density at radius 3 is 2.22 bits per heavy atom. The van der Waals surface area contributed by atoms with Crippen LogP contribution in [0.2, 0.25) is 10.0 Å². The molecule has 328 valence electrons. The Labute approximate surface area is 359 Å². The summed E-state index contributed by atoms with van der Waals surface area (Å²) < 4.78 is 34.9. The molecular weight excluding hydrogens is 841 g/mol. The molecule has 7 N–H and O–H groups in total. The number of nitrogens with zero attached hydrogens (tertiary/aromatic N) is 1. The van der Waals surface area contributed by atoms with Gasteiger partial charge in [-0.2, -0.15) is 0 Å². The number of carbonyl (C=O) groups excluding carboxylic acids is 7. The maximum Gasteiger partial charge on any atom is 0.407 e. The molecule has 17 nitrogen and oxygen atoms in total. The second-order valence-corrected chi connectivity index (χ2v) is 17.9. The van der Waals surface area contributed by atoms with Crippen molar-refractivity contribution in [1.82, 2.24) is 30.9 Å². The first kappa shape index (κ1) is 47.9. The lowest BCUT2D eigenvalue weighted by atomic mass is 9.83. The number of sulfonamides is 1. The Bertz CT molecular complexity index is 2000. The van der Waals surface area contributed by atoms with Gasteiger partial charge in [0, 0.05) is 12.6 Å². The Balaban J connectivity index is 1.55. The SMILES string of the molecule is CCCC(NC(=O)C1C[C@H](NS(=O)(=O)c2ccc(Cl)c(Cl)c2)CN1C(=O)[C@H](NC(=O)OCC(C)C)C1CCCCC1)C(=O)C(=O)NCC(=O)N[C@@H](C(N)=O)c1ccccc1. The van der Waals surface area contributed by atoms with Gasteiger partial charge < -0.3 is 36.6 Å². The van der Waals surface area contributed by atoms with Crippen LogP contribution in [0.1, 0.15) is 83.7 Å². The lowest BCUT2D eigenvalue weighted by Gasteiger charge is -2.34. The average Bonchev–Trinajstić information content (AvgIpc) is 3.64. The van der Waals surface area contributed by atoms with Gasteiger partial charge in [-0.15, -0.1) is 0 Å². The summed E-state index contributed by atoms with van der Waals surface area (Å²) in [6, 6.07) is 5.78. The van der Waals surface area contributed by atoms with E-state index in [0.717, 1.165) is 25.3 Å². The van der Waals surface area contributed by atoms with E-state index in [0.29, 0.717) is 24.8 Å². The van der Waals surface area contributed by atoms with E-state index in [9.17, 15) is 42.0 Å². The number of Topliss-reactive ketones (excluding diaryl/α,β-unsaturated/α-hetero) is 1. The molecule has 2 aromatic rings. The van der Waals surface area contributed by atoms with Crippen LogP contribution in [0.5, 0.6) is 0 Å². The molecule has 20 heteroatoms. The summed E-state index contributed by atoms with van der Waals surface area (Å²) in [4.78, 5) is 94.0. The van der Waals surface area contributed by atoms with Gasteiger partial charge in [0.15, 0.2) is 0 Å². The van der Waals surface area contributed by atoms with Gasteiger partial charge in [-0.1, -0.05) is 100.0 Å². The predicted octanol–water partition coefficient (Wildman–Crippen LogP) is 2.89. The van der Waals surface area contributed by atoms with Crippen LogP contribution in [0.15, 0.2) is 53.4 Å². The van der Waals surface area contributed by atoms with Crippen LogP contribution in [0.4, 0.5) is 4.79 Å². The van der Waals surface area contributed by atoms with E-state index >= 15 is 0 Å². The smallest absolute Gasteiger partial charge is 0.407 e. The highest BCUT2D eigenvalue weighted by Gasteiger charge is 2.46. The fourth-order valence-electron chi connectivity index (χ4n) is 7.19. The summed E-state index contributed by atoms with van der Waals surface area (Å²) in [6.07, 6.45) is 3.01. The summed E-state index contributed by atoms with van der Waals surface area (Å²) in [5, 5.41) is 10.0. The van der Waals surface area contributed by atoms with E-state index in [4.69, 9.17) is 33.7 Å². The largest absolute Gasteiger partial charge is 0.449 e. The molecule has 5 atom stereocenters. The van der Waals surface area contributed by atoms with E-state index < -0.39 is 88.2 Å². The number of halogens is 2. The Morgan fingerprint density at radius 2 is 1.60 bits per heavy atom. The molecule has 60 heavy (non-hydrogen) atoms. The van der Waals surface area contributed by atoms with Gasteiger partial charge >= 0.3 is 6.09 Å². The van der Waals surface area contributed by atoms with E-state index in [1.165, 1.54) is 17.0 Å². The van der Waals surface area contributed by atoms with Gasteiger partial charge in [-0.25, -0.2) is 17.9 Å². The minimum Gasteiger partial charge on any atom is -0.449 e. The van der Waals surface area contributed by atoms with Gasteiger partial charge in [0.05, 0.1) is 34.1 Å². The molecule has 2 fully saturated rings. The van der Waals surface area contributed by atoms with Gasteiger partial charge in [0.25, 0.3) is 5.91 Å². The second kappa shape index (κ2) is 22.2. The Morgan fingerprint density at radius 1 is 0.917 bits per heavy atom. The van der Waals surface area contributed by atoms with Crippen LogP contribution in [0.25, 0.3) is 0 Å². The fourth-order valence-corrected chi connectivity index (χ4v) is 8.82. The van der Waals surface area contributed by atoms with E-state index in [1.807, 2.05) is 13.8 Å². The van der Waals surface area contributed by atoms with Gasteiger partial charge in [0.1, 0.15) is 18.1 Å². The lowest BCUT2D eigenvalue weighted by molar-refractivity contribution is -0.143. The van der Waals surface area contributed by atoms with Crippen LogP contribution >= 0.6 is 23.2 Å². The lowest BCUT2D eigenvalue weighted by Crippen LogP contribution is -2.58. The van der Waals surface area contributed by atoms with Crippen LogP contribution in [0.3, 0.4) is 0 Å². The molecule has 1 saturated carbocycles. The van der Waals surface area contributed by atoms with Crippen LogP contribution < -0.4 is 31.7 Å². The Kier molecular flexibility index (Phi) is 17.7. The molecule has 0 bridgehead atoms. The first-order chi connectivity index (χ1) is 28.4. The highest BCUT2D eigenvalue weighted by atomic mass is 35.5. The maximum absolute atomic E-state index is 14.6. The van der Waals surface area contributed by atoms with Crippen LogP contribution in [0, 0.1) is 11.8 Å². The zero-order chi connectivity index (χ0) is 44.1. The minimum atomic E-state index is -4.27. The van der Waals surface area contributed by atoms with Crippen molar-refractivity contribution in [3.63, 3.8) is 0 Å². The number of rotatable bonds is 19. The zero-order valence-corrected chi connectivity index (χ0v) is 36.0. The third-order valence-corrected chi connectivity index (χ3v) is 12.4. The number of benzene rings is 2. The standard InChI is InChI=1S/C40H53Cl2N7O10S/c1-4-11-30(35(51)38(54)44-20-32(50)46-33(36(43)52)24-12-7-5-8-13-24)45-37(53)31-18-26(48-60(57,58)27-16-17-28(41)29(42)19-27)21-49(31)39(55)34(25-14-9-6-10-15-25)47-40(56)59-22-23(2)3/h5,7-8,12-13,16-17,19,23,25-26,30-31,33-34,48H,4,6,9-11,14-15,18,20-22H2,1-3H3,(H2,43,52)(H,44,54)(H,45,53)(H,46,50)(H,47,56)/t26-,30?,31?,33+,34+/m0/s1. The molecule has 1 saturated heterocycles. The zero-order valence-electron chi connectivity index (χ0n) is 33.7. The third kappa shape index (κ3) is 13.4. The number of alkyl carbamates (subject to hydrolysis) is 1. The molecule has 6 amide bonds. The highest BCUT2D eigenvalue weighted by Crippen LogP contribution is 2.31. The quantitative estimate of drug-likeness (QED) is 0.113. The number of carbonyl (C=O) groups is 7. The highest BCUT2D eigenvalue weighted by molar-refractivity contribution is 7.89. The van der Waals surface area contributed by atoms with Gasteiger partial charge in [-0.05, 0) is 61.3 Å². The summed E-state index contributed by atoms with van der Waals surface area (Å²) in [7, 11) is -4.27. The molecule has 1 aliphatic carbocycles. The molecule has 2 aliphatic rings. The number of likely N-dealkylation sites (tertiary alicyclic amines) is 1. The number of hydrogen-bond donors (Lipinski definition) is 6. The molecule has 0 aromatic heterocycles. The van der Waals surface area contributed by atoms with Crippen LogP contribution in [-0.4, -0.2) is 98.6 Å². The monoisotopic (exact) mass is 893 g/mol. The second-order valence-electron chi connectivity index (χ2n) is 15.4. The van der Waals surface area contributed by atoms with Crippen molar-refractivity contribution < 1.29 is 46.7 Å². The van der Waals surface area contributed by atoms with Crippen molar-refractivity contribution in [2.75, 3.05) is 19.7 Å². The van der Waals surface area contributed by atoms with E-state index in [2.05, 4.69) is 26.0 Å². The maximum atomic E-state index is 14.6. The average molecular weight is 895 g/mol. The topological polar surface area (TPSA) is 252 Å². The van der Waals surface area contributed by atoms with Crippen LogP contribution in [-0.2, 0) is 43.5 Å². The summed E-state index contributed by atoms with van der Waals surface area (Å²) in [6.45, 7) is 4.53. The van der Waals surface area contributed by atoms with Gasteiger partial charge in [0.2, 0.25) is 39.4 Å². The molecular formula is C40H53Cl2N7O10S. The molecule has 0 radical (unpaired) electrons. The fraction of sp³-hybridized carbons (Fsp3) is 0.525. The summed E-state index contributed by atoms with van der Waals surface area (Å²) in [5.74, 6) is -5.75. The first-order valence-electron chi connectivity index (χ1n) is 19.9. The molecule has 1 heterocycles. The molecule has 1 aliphatic heterocycles. The van der Waals surface area contributed by atoms with Crippen molar-refractivity contribution in [3.05, 3.63) is 64.1 Å². The van der Waals surface area contributed by atoms with Crippen molar-refractivity contribution >= 4 is 74.6 Å². The number of ether oxygens (including phenoxy) is 1. The number of amides is 6. The van der Waals surface area contributed by atoms with Crippen molar-refractivity contribution in [2.45, 2.75) is 107 Å². The molecule has 2 unspecified atom stereocenters. The molecule has 4 rings (SSSR count). The first-order valence-corrected chi connectivity index (χ1v) is 22.1. The number of nitrogens with one attached hydrogen (secondary N) is 5. The normalized spacial score (nSPS) is 18.5. The van der Waals surface area contributed by atoms with E-state index in [1.54, 1.807) is 37.3 Å². The number of nitrogens with two attached hydrogens (primary N) is 1. The summed E-state index contributed by atoms with van der Waals surface area (Å²) >= 11 is 12.1. The molecule has 2 aromatic carbocycles. The predicted molar refractivity (Wildman–Crippen MR) is 222 cm³/mol. The Hall–Kier alpha value is -4.78. The number of primary amides is 1.